The maximum absolute atomic E-state index is 11.8. The largest absolute Gasteiger partial charge is 0.476 e. The third kappa shape index (κ3) is 2.34. The lowest BCUT2D eigenvalue weighted by Crippen LogP contribution is -2.16. The predicted octanol–water partition coefficient (Wildman–Crippen LogP) is 1.33. The summed E-state index contributed by atoms with van der Waals surface area (Å²) in [7, 11) is 0. The van der Waals surface area contributed by atoms with Crippen molar-refractivity contribution in [3.8, 4) is 0 Å². The number of aryl methyl sites for hydroxylation is 1. The SMILES string of the molecule is Cc1cc(C(=O)Nc2nccnc2C(=O)O)co1. The summed E-state index contributed by atoms with van der Waals surface area (Å²) in [5, 5.41) is 11.2. The number of anilines is 1. The first-order chi connectivity index (χ1) is 8.58. The Bertz CT molecular complexity index is 606. The van der Waals surface area contributed by atoms with Gasteiger partial charge in [-0.1, -0.05) is 0 Å². The Morgan fingerprint density at radius 2 is 2.06 bits per heavy atom. The fourth-order valence-corrected chi connectivity index (χ4v) is 1.33. The summed E-state index contributed by atoms with van der Waals surface area (Å²) in [6, 6.07) is 1.53. The van der Waals surface area contributed by atoms with Crippen molar-refractivity contribution in [3.05, 3.63) is 41.7 Å². The number of nitrogens with zero attached hydrogens (tertiary/aromatic N) is 2. The molecule has 1 amide bonds. The van der Waals surface area contributed by atoms with E-state index in [0.29, 0.717) is 5.76 Å². The van der Waals surface area contributed by atoms with E-state index in [1.165, 1.54) is 24.7 Å². The van der Waals surface area contributed by atoms with Crippen LogP contribution in [0.25, 0.3) is 0 Å². The molecule has 2 heterocycles. The molecular weight excluding hydrogens is 238 g/mol. The quantitative estimate of drug-likeness (QED) is 0.847. The van der Waals surface area contributed by atoms with Gasteiger partial charge in [0.05, 0.1) is 5.56 Å². The highest BCUT2D eigenvalue weighted by Gasteiger charge is 2.16. The van der Waals surface area contributed by atoms with Crippen molar-refractivity contribution in [2.75, 3.05) is 5.32 Å². The number of carboxylic acid groups (broad SMARTS) is 1. The monoisotopic (exact) mass is 247 g/mol. The van der Waals surface area contributed by atoms with Gasteiger partial charge < -0.3 is 14.8 Å². The lowest BCUT2D eigenvalue weighted by molar-refractivity contribution is 0.0691. The van der Waals surface area contributed by atoms with Crippen LogP contribution in [0.4, 0.5) is 5.82 Å². The van der Waals surface area contributed by atoms with E-state index in [1.807, 2.05) is 0 Å². The van der Waals surface area contributed by atoms with E-state index in [2.05, 4.69) is 15.3 Å². The molecule has 0 saturated heterocycles. The molecular formula is C11H9N3O4. The maximum Gasteiger partial charge on any atom is 0.358 e. The summed E-state index contributed by atoms with van der Waals surface area (Å²) in [4.78, 5) is 30.0. The smallest absolute Gasteiger partial charge is 0.358 e. The van der Waals surface area contributed by atoms with Gasteiger partial charge in [-0.15, -0.1) is 0 Å². The van der Waals surface area contributed by atoms with Crippen LogP contribution in [0.15, 0.2) is 29.1 Å². The number of amides is 1. The summed E-state index contributed by atoms with van der Waals surface area (Å²) in [6.45, 7) is 1.70. The Morgan fingerprint density at radius 1 is 1.33 bits per heavy atom. The Kier molecular flexibility index (Phi) is 3.05. The van der Waals surface area contributed by atoms with Gasteiger partial charge in [0.2, 0.25) is 0 Å². The van der Waals surface area contributed by atoms with Gasteiger partial charge in [-0.3, -0.25) is 4.79 Å². The predicted molar refractivity (Wildman–Crippen MR) is 60.4 cm³/mol. The zero-order chi connectivity index (χ0) is 13.1. The number of nitrogens with one attached hydrogen (secondary N) is 1. The van der Waals surface area contributed by atoms with Gasteiger partial charge in [0.1, 0.15) is 12.0 Å². The van der Waals surface area contributed by atoms with Crippen LogP contribution >= 0.6 is 0 Å². The number of furan rings is 1. The molecule has 0 aliphatic rings. The molecule has 2 N–H and O–H groups in total. The average Bonchev–Trinajstić information content (AvgIpc) is 2.76. The lowest BCUT2D eigenvalue weighted by Gasteiger charge is -2.04. The van der Waals surface area contributed by atoms with Crippen LogP contribution in [0.2, 0.25) is 0 Å². The van der Waals surface area contributed by atoms with Gasteiger partial charge in [0.25, 0.3) is 5.91 Å². The van der Waals surface area contributed by atoms with Crippen molar-refractivity contribution in [2.45, 2.75) is 6.92 Å². The minimum absolute atomic E-state index is 0.103. The van der Waals surface area contributed by atoms with Gasteiger partial charge in [-0.25, -0.2) is 14.8 Å². The van der Waals surface area contributed by atoms with Crippen LogP contribution in [0.3, 0.4) is 0 Å². The molecule has 0 aliphatic heterocycles. The number of rotatable bonds is 3. The van der Waals surface area contributed by atoms with Crippen LogP contribution in [0, 0.1) is 6.92 Å². The molecule has 2 aromatic heterocycles. The molecule has 0 bridgehead atoms. The van der Waals surface area contributed by atoms with Crippen molar-refractivity contribution in [2.24, 2.45) is 0 Å². The van der Waals surface area contributed by atoms with Crippen molar-refractivity contribution < 1.29 is 19.1 Å². The Morgan fingerprint density at radius 3 is 2.67 bits per heavy atom. The van der Waals surface area contributed by atoms with Gasteiger partial charge in [0.15, 0.2) is 11.5 Å². The van der Waals surface area contributed by atoms with E-state index in [4.69, 9.17) is 9.52 Å². The third-order valence-corrected chi connectivity index (χ3v) is 2.13. The molecule has 0 saturated carbocycles. The number of aromatic nitrogens is 2. The molecule has 0 unspecified atom stereocenters. The molecule has 2 aromatic rings. The van der Waals surface area contributed by atoms with Crippen LogP contribution in [0.1, 0.15) is 26.6 Å². The first kappa shape index (κ1) is 11.8. The molecule has 7 nitrogen and oxygen atoms in total. The Hall–Kier alpha value is -2.70. The van der Waals surface area contributed by atoms with Crippen molar-refractivity contribution >= 4 is 17.7 Å². The van der Waals surface area contributed by atoms with Crippen LogP contribution in [-0.2, 0) is 0 Å². The number of carboxylic acids is 1. The normalized spacial score (nSPS) is 10.1. The molecule has 0 aromatic carbocycles. The minimum Gasteiger partial charge on any atom is -0.476 e. The standard InChI is InChI=1S/C11H9N3O4/c1-6-4-7(5-18-6)10(15)14-9-8(11(16)17)12-2-3-13-9/h2-5H,1H3,(H,16,17)(H,13,14,15). The molecule has 92 valence electrons. The van der Waals surface area contributed by atoms with Gasteiger partial charge in [-0.2, -0.15) is 0 Å². The number of carbonyl (C=O) groups excluding carboxylic acids is 1. The number of aromatic carboxylic acids is 1. The van der Waals surface area contributed by atoms with Crippen LogP contribution in [-0.4, -0.2) is 27.0 Å². The minimum atomic E-state index is -1.26. The molecule has 0 spiro atoms. The van der Waals surface area contributed by atoms with Gasteiger partial charge in [-0.05, 0) is 13.0 Å². The van der Waals surface area contributed by atoms with E-state index in [9.17, 15) is 9.59 Å². The van der Waals surface area contributed by atoms with Gasteiger partial charge >= 0.3 is 5.97 Å². The summed E-state index contributed by atoms with van der Waals surface area (Å²) >= 11 is 0. The van der Waals surface area contributed by atoms with Gasteiger partial charge in [0, 0.05) is 12.4 Å². The highest BCUT2D eigenvalue weighted by atomic mass is 16.4. The first-order valence-corrected chi connectivity index (χ1v) is 4.98. The molecule has 0 atom stereocenters. The van der Waals surface area contributed by atoms with Crippen molar-refractivity contribution in [1.29, 1.82) is 0 Å². The Labute approximate surface area is 101 Å². The summed E-state index contributed by atoms with van der Waals surface area (Å²) in [5.74, 6) is -1.29. The molecule has 2 rings (SSSR count). The summed E-state index contributed by atoms with van der Waals surface area (Å²) in [6.07, 6.45) is 3.81. The average molecular weight is 247 g/mol. The maximum atomic E-state index is 11.8. The topological polar surface area (TPSA) is 105 Å². The van der Waals surface area contributed by atoms with E-state index in [0.717, 1.165) is 0 Å². The fraction of sp³-hybridized carbons (Fsp3) is 0.0909. The highest BCUT2D eigenvalue weighted by molar-refractivity contribution is 6.06. The van der Waals surface area contributed by atoms with E-state index < -0.39 is 11.9 Å². The van der Waals surface area contributed by atoms with Crippen molar-refractivity contribution in [3.63, 3.8) is 0 Å². The highest BCUT2D eigenvalue weighted by Crippen LogP contribution is 2.12. The third-order valence-electron chi connectivity index (χ3n) is 2.13. The lowest BCUT2D eigenvalue weighted by atomic mass is 10.3. The number of carbonyl (C=O) groups is 2. The Balaban J connectivity index is 2.24. The molecule has 0 radical (unpaired) electrons. The molecule has 0 aliphatic carbocycles. The van der Waals surface area contributed by atoms with Crippen LogP contribution in [0.5, 0.6) is 0 Å². The second-order valence-corrected chi connectivity index (χ2v) is 3.46. The number of hydrogen-bond acceptors (Lipinski definition) is 5. The second-order valence-electron chi connectivity index (χ2n) is 3.46. The molecule has 18 heavy (non-hydrogen) atoms. The van der Waals surface area contributed by atoms with Crippen molar-refractivity contribution in [1.82, 2.24) is 9.97 Å². The molecule has 7 heteroatoms. The second kappa shape index (κ2) is 4.66. The van der Waals surface area contributed by atoms with E-state index in [-0.39, 0.29) is 17.1 Å². The van der Waals surface area contributed by atoms with E-state index in [1.54, 1.807) is 6.92 Å². The van der Waals surface area contributed by atoms with E-state index >= 15 is 0 Å². The molecule has 0 fully saturated rings. The zero-order valence-corrected chi connectivity index (χ0v) is 9.38. The zero-order valence-electron chi connectivity index (χ0n) is 9.38. The fourth-order valence-electron chi connectivity index (χ4n) is 1.33. The summed E-state index contributed by atoms with van der Waals surface area (Å²) < 4.78 is 4.99. The van der Waals surface area contributed by atoms with Crippen LogP contribution < -0.4 is 5.32 Å². The first-order valence-electron chi connectivity index (χ1n) is 4.98. The number of hydrogen-bond donors (Lipinski definition) is 2. The summed E-state index contributed by atoms with van der Waals surface area (Å²) in [5.41, 5.74) is -0.0273.